The van der Waals surface area contributed by atoms with Crippen molar-refractivity contribution in [2.24, 2.45) is 0 Å². The minimum absolute atomic E-state index is 0.809. The molecule has 0 saturated heterocycles. The first-order valence-electron chi connectivity index (χ1n) is 6.28. The largest absolute Gasteiger partial charge is 0.478 e. The number of benzene rings is 2. The number of fused-ring (bicyclic) bond motifs is 1. The lowest BCUT2D eigenvalue weighted by Crippen LogP contribution is -1.96. The molecular weight excluding hydrogens is 332 g/mol. The van der Waals surface area contributed by atoms with Gasteiger partial charge in [0.15, 0.2) is 0 Å². The minimum atomic E-state index is -0.973. The standard InChI is InChI=1S/C16H11BrN2O2/c17-12-7-5-11(6-8-16(20)21)15(9-12)19-10-18-13-3-1-2-4-14(13)19/h1-10H,(H,20,21)/b8-6+. The lowest BCUT2D eigenvalue weighted by molar-refractivity contribution is -0.131. The summed E-state index contributed by atoms with van der Waals surface area (Å²) in [5.74, 6) is -0.973. The molecule has 0 bridgehead atoms. The summed E-state index contributed by atoms with van der Waals surface area (Å²) in [7, 11) is 0. The van der Waals surface area contributed by atoms with Crippen LogP contribution in [-0.2, 0) is 4.79 Å². The molecule has 0 aliphatic heterocycles. The zero-order chi connectivity index (χ0) is 14.8. The number of carboxylic acid groups (broad SMARTS) is 1. The maximum Gasteiger partial charge on any atom is 0.328 e. The van der Waals surface area contributed by atoms with Gasteiger partial charge < -0.3 is 5.11 Å². The predicted octanol–water partition coefficient (Wildman–Crippen LogP) is 3.89. The Morgan fingerprint density at radius 1 is 1.24 bits per heavy atom. The van der Waals surface area contributed by atoms with Gasteiger partial charge in [0.05, 0.1) is 16.7 Å². The van der Waals surface area contributed by atoms with E-state index in [-0.39, 0.29) is 0 Å². The Morgan fingerprint density at radius 2 is 2.05 bits per heavy atom. The van der Waals surface area contributed by atoms with Crippen molar-refractivity contribution >= 4 is 39.0 Å². The number of aliphatic carboxylic acids is 1. The normalized spacial score (nSPS) is 11.3. The molecule has 4 nitrogen and oxygen atoms in total. The number of hydrogen-bond acceptors (Lipinski definition) is 2. The van der Waals surface area contributed by atoms with E-state index in [1.165, 1.54) is 0 Å². The van der Waals surface area contributed by atoms with Crippen molar-refractivity contribution in [1.29, 1.82) is 0 Å². The Hall–Kier alpha value is -2.40. The number of nitrogens with zero attached hydrogens (tertiary/aromatic N) is 2. The molecule has 104 valence electrons. The van der Waals surface area contributed by atoms with Crippen LogP contribution < -0.4 is 0 Å². The third kappa shape index (κ3) is 2.73. The topological polar surface area (TPSA) is 55.1 Å². The molecule has 0 aliphatic carbocycles. The van der Waals surface area contributed by atoms with Crippen molar-refractivity contribution < 1.29 is 9.90 Å². The number of aromatic nitrogens is 2. The van der Waals surface area contributed by atoms with Gasteiger partial charge in [0.25, 0.3) is 0 Å². The molecule has 3 rings (SSSR count). The summed E-state index contributed by atoms with van der Waals surface area (Å²) < 4.78 is 2.87. The molecule has 1 heterocycles. The maximum absolute atomic E-state index is 10.7. The van der Waals surface area contributed by atoms with Gasteiger partial charge in [0.2, 0.25) is 0 Å². The number of halogens is 1. The fourth-order valence-electron chi connectivity index (χ4n) is 2.18. The monoisotopic (exact) mass is 342 g/mol. The first-order valence-corrected chi connectivity index (χ1v) is 7.07. The van der Waals surface area contributed by atoms with Crippen molar-refractivity contribution in [3.05, 3.63) is 64.9 Å². The molecule has 0 atom stereocenters. The van der Waals surface area contributed by atoms with Crippen LogP contribution in [0.3, 0.4) is 0 Å². The van der Waals surface area contributed by atoms with Crippen molar-refractivity contribution in [1.82, 2.24) is 9.55 Å². The van der Waals surface area contributed by atoms with Gasteiger partial charge >= 0.3 is 5.97 Å². The summed E-state index contributed by atoms with van der Waals surface area (Å²) in [6, 6.07) is 13.5. The molecule has 0 radical (unpaired) electrons. The van der Waals surface area contributed by atoms with Gasteiger partial charge in [0, 0.05) is 10.5 Å². The van der Waals surface area contributed by atoms with E-state index in [9.17, 15) is 4.79 Å². The highest BCUT2D eigenvalue weighted by atomic mass is 79.9. The summed E-state index contributed by atoms with van der Waals surface area (Å²) in [5.41, 5.74) is 3.55. The smallest absolute Gasteiger partial charge is 0.328 e. The Morgan fingerprint density at radius 3 is 2.86 bits per heavy atom. The fraction of sp³-hybridized carbons (Fsp3) is 0. The quantitative estimate of drug-likeness (QED) is 0.734. The van der Waals surface area contributed by atoms with Crippen LogP contribution in [0.2, 0.25) is 0 Å². The number of rotatable bonds is 3. The highest BCUT2D eigenvalue weighted by Crippen LogP contribution is 2.25. The molecule has 0 unspecified atom stereocenters. The summed E-state index contributed by atoms with van der Waals surface area (Å²) >= 11 is 3.45. The van der Waals surface area contributed by atoms with Crippen LogP contribution in [0.25, 0.3) is 22.8 Å². The summed E-state index contributed by atoms with van der Waals surface area (Å²) in [4.78, 5) is 15.1. The van der Waals surface area contributed by atoms with E-state index in [4.69, 9.17) is 5.11 Å². The highest BCUT2D eigenvalue weighted by Gasteiger charge is 2.08. The van der Waals surface area contributed by atoms with Crippen molar-refractivity contribution in [2.75, 3.05) is 0 Å². The third-order valence-corrected chi connectivity index (χ3v) is 3.60. The second kappa shape index (κ2) is 5.54. The highest BCUT2D eigenvalue weighted by molar-refractivity contribution is 9.10. The lowest BCUT2D eigenvalue weighted by atomic mass is 10.1. The number of para-hydroxylation sites is 2. The molecule has 0 fully saturated rings. The average molecular weight is 343 g/mol. The van der Waals surface area contributed by atoms with E-state index in [0.29, 0.717) is 0 Å². The third-order valence-electron chi connectivity index (χ3n) is 3.11. The Labute approximate surface area is 129 Å². The second-order valence-corrected chi connectivity index (χ2v) is 5.39. The summed E-state index contributed by atoms with van der Waals surface area (Å²) in [6.45, 7) is 0. The molecule has 0 aliphatic rings. The van der Waals surface area contributed by atoms with Crippen LogP contribution in [0.15, 0.2) is 59.3 Å². The number of hydrogen-bond donors (Lipinski definition) is 1. The maximum atomic E-state index is 10.7. The first kappa shape index (κ1) is 13.6. The Bertz CT molecular complexity index is 852. The number of carboxylic acids is 1. The van der Waals surface area contributed by atoms with Crippen LogP contribution in [-0.4, -0.2) is 20.6 Å². The summed E-state index contributed by atoms with van der Waals surface area (Å²) in [5, 5.41) is 8.81. The molecule has 1 N–H and O–H groups in total. The summed E-state index contributed by atoms with van der Waals surface area (Å²) in [6.07, 6.45) is 4.45. The van der Waals surface area contributed by atoms with Crippen molar-refractivity contribution in [3.8, 4) is 5.69 Å². The SMILES string of the molecule is O=C(O)/C=C/c1ccc(Br)cc1-n1cnc2ccccc21. The molecule has 1 aromatic heterocycles. The van der Waals surface area contributed by atoms with Crippen LogP contribution in [0.1, 0.15) is 5.56 Å². The Kier molecular flexibility index (Phi) is 3.58. The van der Waals surface area contributed by atoms with E-state index in [1.54, 1.807) is 12.4 Å². The van der Waals surface area contributed by atoms with Gasteiger partial charge in [-0.1, -0.05) is 34.1 Å². The zero-order valence-electron chi connectivity index (χ0n) is 10.9. The molecule has 0 saturated carbocycles. The van der Waals surface area contributed by atoms with Gasteiger partial charge in [-0.05, 0) is 35.9 Å². The van der Waals surface area contributed by atoms with E-state index in [0.717, 1.165) is 32.8 Å². The van der Waals surface area contributed by atoms with E-state index < -0.39 is 5.97 Å². The van der Waals surface area contributed by atoms with Gasteiger partial charge in [0.1, 0.15) is 6.33 Å². The van der Waals surface area contributed by atoms with Crippen LogP contribution in [0.5, 0.6) is 0 Å². The van der Waals surface area contributed by atoms with E-state index >= 15 is 0 Å². The van der Waals surface area contributed by atoms with Gasteiger partial charge in [-0.25, -0.2) is 9.78 Å². The van der Waals surface area contributed by atoms with E-state index in [2.05, 4.69) is 20.9 Å². The molecule has 21 heavy (non-hydrogen) atoms. The molecule has 2 aromatic carbocycles. The van der Waals surface area contributed by atoms with Gasteiger partial charge in [-0.2, -0.15) is 0 Å². The van der Waals surface area contributed by atoms with Gasteiger partial charge in [-0.15, -0.1) is 0 Å². The van der Waals surface area contributed by atoms with Crippen LogP contribution in [0.4, 0.5) is 0 Å². The lowest BCUT2D eigenvalue weighted by Gasteiger charge is -2.09. The van der Waals surface area contributed by atoms with Crippen molar-refractivity contribution in [2.45, 2.75) is 0 Å². The molecular formula is C16H11BrN2O2. The minimum Gasteiger partial charge on any atom is -0.478 e. The van der Waals surface area contributed by atoms with E-state index in [1.807, 2.05) is 47.0 Å². The zero-order valence-corrected chi connectivity index (χ0v) is 12.5. The average Bonchev–Trinajstić information content (AvgIpc) is 2.89. The molecule has 0 spiro atoms. The first-order chi connectivity index (χ1) is 10.1. The predicted molar refractivity (Wildman–Crippen MR) is 85.4 cm³/mol. The molecule has 0 amide bonds. The van der Waals surface area contributed by atoms with Gasteiger partial charge in [-0.3, -0.25) is 4.57 Å². The fourth-order valence-corrected chi connectivity index (χ4v) is 2.53. The number of imidazole rings is 1. The molecule has 3 aromatic rings. The van der Waals surface area contributed by atoms with Crippen molar-refractivity contribution in [3.63, 3.8) is 0 Å². The van der Waals surface area contributed by atoms with Crippen LogP contribution in [0, 0.1) is 0 Å². The molecule has 5 heteroatoms. The van der Waals surface area contributed by atoms with Crippen LogP contribution >= 0.6 is 15.9 Å². The Balaban J connectivity index is 2.21. The second-order valence-electron chi connectivity index (χ2n) is 4.48. The number of carbonyl (C=O) groups is 1.